The molecule has 9 nitrogen and oxygen atoms in total. The molecule has 0 bridgehead atoms. The van der Waals surface area contributed by atoms with E-state index in [1.807, 2.05) is 13.8 Å². The van der Waals surface area contributed by atoms with Crippen molar-refractivity contribution < 1.29 is 19.2 Å². The zero-order valence-corrected chi connectivity index (χ0v) is 14.6. The van der Waals surface area contributed by atoms with Gasteiger partial charge in [-0.15, -0.1) is 0 Å². The molecule has 0 saturated heterocycles. The first-order valence-electron chi connectivity index (χ1n) is 7.67. The summed E-state index contributed by atoms with van der Waals surface area (Å²) in [6.45, 7) is 3.19. The highest BCUT2D eigenvalue weighted by atomic mass is 16.6. The zero-order chi connectivity index (χ0) is 19.3. The average Bonchev–Trinajstić information content (AvgIpc) is 2.83. The molecule has 26 heavy (non-hydrogen) atoms. The Labute approximate surface area is 149 Å². The maximum atomic E-state index is 11.8. The molecule has 0 spiro atoms. The van der Waals surface area contributed by atoms with E-state index >= 15 is 0 Å². The molecular formula is C17H18N4O5. The van der Waals surface area contributed by atoms with Gasteiger partial charge in [-0.25, -0.2) is 4.79 Å². The first kappa shape index (κ1) is 18.8. The Morgan fingerprint density at radius 3 is 2.73 bits per heavy atom. The summed E-state index contributed by atoms with van der Waals surface area (Å²) in [7, 11) is 1.80. The van der Waals surface area contributed by atoms with Crippen LogP contribution in [-0.4, -0.2) is 33.2 Å². The van der Waals surface area contributed by atoms with Gasteiger partial charge in [-0.05, 0) is 26.0 Å². The summed E-state index contributed by atoms with van der Waals surface area (Å²) in [5.74, 6) is -1.28. The van der Waals surface area contributed by atoms with E-state index < -0.39 is 23.4 Å². The minimum atomic E-state index is -0.679. The molecule has 0 radical (unpaired) electrons. The minimum absolute atomic E-state index is 0.148. The van der Waals surface area contributed by atoms with Crippen molar-refractivity contribution in [2.75, 3.05) is 11.9 Å². The molecule has 0 unspecified atom stereocenters. The van der Waals surface area contributed by atoms with Gasteiger partial charge in [-0.2, -0.15) is 5.10 Å². The molecule has 9 heteroatoms. The fraction of sp³-hybridized carbons (Fsp3) is 0.235. The van der Waals surface area contributed by atoms with Gasteiger partial charge < -0.3 is 10.1 Å². The van der Waals surface area contributed by atoms with Crippen LogP contribution in [0.2, 0.25) is 0 Å². The number of benzene rings is 1. The number of anilines is 1. The van der Waals surface area contributed by atoms with E-state index in [0.717, 1.165) is 17.0 Å². The van der Waals surface area contributed by atoms with Crippen molar-refractivity contribution in [1.82, 2.24) is 9.78 Å². The van der Waals surface area contributed by atoms with E-state index in [2.05, 4.69) is 10.4 Å². The number of carbonyl (C=O) groups is 2. The highest BCUT2D eigenvalue weighted by Gasteiger charge is 2.10. The van der Waals surface area contributed by atoms with Crippen LogP contribution in [0.3, 0.4) is 0 Å². The second kappa shape index (κ2) is 8.06. The summed E-state index contributed by atoms with van der Waals surface area (Å²) >= 11 is 0. The summed E-state index contributed by atoms with van der Waals surface area (Å²) < 4.78 is 6.56. The molecule has 0 aliphatic carbocycles. The lowest BCUT2D eigenvalue weighted by molar-refractivity contribution is -0.384. The van der Waals surface area contributed by atoms with Crippen LogP contribution in [0.1, 0.15) is 17.0 Å². The fourth-order valence-corrected chi connectivity index (χ4v) is 2.26. The summed E-state index contributed by atoms with van der Waals surface area (Å²) in [5, 5.41) is 17.4. The Morgan fingerprint density at radius 2 is 2.12 bits per heavy atom. The van der Waals surface area contributed by atoms with Crippen molar-refractivity contribution in [2.45, 2.75) is 13.8 Å². The molecule has 0 aliphatic heterocycles. The Balaban J connectivity index is 1.89. The summed E-state index contributed by atoms with van der Waals surface area (Å²) in [6.07, 6.45) is 2.80. The van der Waals surface area contributed by atoms with Gasteiger partial charge in [0.05, 0.1) is 10.6 Å². The number of amides is 1. The molecule has 1 amide bonds. The van der Waals surface area contributed by atoms with Crippen LogP contribution in [-0.2, 0) is 21.4 Å². The van der Waals surface area contributed by atoms with Crippen LogP contribution in [0.5, 0.6) is 0 Å². The van der Waals surface area contributed by atoms with Gasteiger partial charge in [0.2, 0.25) is 0 Å². The number of nitrogens with zero attached hydrogens (tertiary/aromatic N) is 3. The van der Waals surface area contributed by atoms with Crippen LogP contribution < -0.4 is 5.32 Å². The molecule has 0 fully saturated rings. The van der Waals surface area contributed by atoms with Crippen molar-refractivity contribution in [2.24, 2.45) is 7.05 Å². The van der Waals surface area contributed by atoms with Crippen LogP contribution in [0.25, 0.3) is 6.08 Å². The lowest BCUT2D eigenvalue weighted by atomic mass is 10.2. The summed E-state index contributed by atoms with van der Waals surface area (Å²) in [4.78, 5) is 33.7. The van der Waals surface area contributed by atoms with Gasteiger partial charge in [-0.3, -0.25) is 19.6 Å². The van der Waals surface area contributed by atoms with Crippen molar-refractivity contribution in [3.05, 3.63) is 57.4 Å². The molecule has 0 saturated carbocycles. The number of hydrogen-bond donors (Lipinski definition) is 1. The maximum Gasteiger partial charge on any atom is 0.331 e. The number of nitro groups is 1. The van der Waals surface area contributed by atoms with Gasteiger partial charge in [0.1, 0.15) is 0 Å². The molecule has 136 valence electrons. The lowest BCUT2D eigenvalue weighted by Gasteiger charge is -2.05. The topological polar surface area (TPSA) is 116 Å². The lowest BCUT2D eigenvalue weighted by Crippen LogP contribution is -2.20. The third-order valence-electron chi connectivity index (χ3n) is 3.64. The molecule has 1 aromatic carbocycles. The maximum absolute atomic E-state index is 11.8. The highest BCUT2D eigenvalue weighted by molar-refractivity contribution is 5.94. The van der Waals surface area contributed by atoms with Crippen LogP contribution in [0.4, 0.5) is 11.4 Å². The second-order valence-electron chi connectivity index (χ2n) is 5.50. The largest absolute Gasteiger partial charge is 0.452 e. The van der Waals surface area contributed by atoms with Crippen LogP contribution in [0, 0.1) is 24.0 Å². The molecule has 0 aliphatic rings. The number of carbonyl (C=O) groups excluding carboxylic acids is 2. The van der Waals surface area contributed by atoms with Crippen molar-refractivity contribution in [3.8, 4) is 0 Å². The molecule has 2 rings (SSSR count). The minimum Gasteiger partial charge on any atom is -0.452 e. The number of esters is 1. The summed E-state index contributed by atoms with van der Waals surface area (Å²) in [6, 6.07) is 5.47. The SMILES string of the molecule is Cc1nn(C)c(C)c1/C=C/C(=O)OCC(=O)Nc1cccc([N+](=O)[O-])c1. The van der Waals surface area contributed by atoms with Gasteiger partial charge in [0.25, 0.3) is 11.6 Å². The van der Waals surface area contributed by atoms with Crippen LogP contribution in [0.15, 0.2) is 30.3 Å². The molecule has 1 heterocycles. The third-order valence-corrected chi connectivity index (χ3v) is 3.64. The quantitative estimate of drug-likeness (QED) is 0.366. The predicted molar refractivity (Wildman–Crippen MR) is 94.4 cm³/mol. The Kier molecular flexibility index (Phi) is 5.84. The number of non-ortho nitro benzene ring substituents is 1. The van der Waals surface area contributed by atoms with E-state index in [-0.39, 0.29) is 11.4 Å². The Bertz CT molecular complexity index is 885. The monoisotopic (exact) mass is 358 g/mol. The van der Waals surface area contributed by atoms with Gasteiger partial charge in [0, 0.05) is 42.2 Å². The van der Waals surface area contributed by atoms with E-state index in [9.17, 15) is 19.7 Å². The van der Waals surface area contributed by atoms with Gasteiger partial charge in [0.15, 0.2) is 6.61 Å². The molecule has 0 atom stereocenters. The molecule has 2 aromatic rings. The second-order valence-corrected chi connectivity index (χ2v) is 5.50. The Morgan fingerprint density at radius 1 is 1.38 bits per heavy atom. The highest BCUT2D eigenvalue weighted by Crippen LogP contribution is 2.17. The smallest absolute Gasteiger partial charge is 0.331 e. The third kappa shape index (κ3) is 4.76. The zero-order valence-electron chi connectivity index (χ0n) is 14.6. The molecule has 1 N–H and O–H groups in total. The normalized spacial score (nSPS) is 10.7. The van der Waals surface area contributed by atoms with E-state index in [1.54, 1.807) is 17.8 Å². The summed E-state index contributed by atoms with van der Waals surface area (Å²) in [5.41, 5.74) is 2.58. The number of hydrogen-bond acceptors (Lipinski definition) is 6. The number of nitro benzene ring substituents is 1. The van der Waals surface area contributed by atoms with E-state index in [1.165, 1.54) is 30.3 Å². The fourth-order valence-electron chi connectivity index (χ4n) is 2.26. The number of nitrogens with one attached hydrogen (secondary N) is 1. The Hall–Kier alpha value is -3.49. The van der Waals surface area contributed by atoms with Crippen molar-refractivity contribution in [3.63, 3.8) is 0 Å². The van der Waals surface area contributed by atoms with E-state index in [0.29, 0.717) is 0 Å². The van der Waals surface area contributed by atoms with Crippen LogP contribution >= 0.6 is 0 Å². The average molecular weight is 358 g/mol. The van der Waals surface area contributed by atoms with E-state index in [4.69, 9.17) is 4.74 Å². The number of aromatic nitrogens is 2. The standard InChI is InChI=1S/C17H18N4O5/c1-11-15(12(2)20(3)19-11)7-8-17(23)26-10-16(22)18-13-5-4-6-14(9-13)21(24)25/h4-9H,10H2,1-3H3,(H,18,22)/b8-7+. The number of aryl methyl sites for hydroxylation is 2. The van der Waals surface area contributed by atoms with Gasteiger partial charge in [-0.1, -0.05) is 6.07 Å². The van der Waals surface area contributed by atoms with Crippen molar-refractivity contribution in [1.29, 1.82) is 0 Å². The van der Waals surface area contributed by atoms with Crippen molar-refractivity contribution >= 4 is 29.3 Å². The predicted octanol–water partition coefficient (Wildman–Crippen LogP) is 2.14. The first-order valence-corrected chi connectivity index (χ1v) is 7.67. The number of rotatable bonds is 6. The van der Waals surface area contributed by atoms with Gasteiger partial charge >= 0.3 is 5.97 Å². The molecular weight excluding hydrogens is 340 g/mol. The first-order chi connectivity index (χ1) is 12.3. The molecule has 1 aromatic heterocycles. The number of ether oxygens (including phenoxy) is 1.